The van der Waals surface area contributed by atoms with E-state index in [2.05, 4.69) is 25.9 Å². The Labute approximate surface area is 130 Å². The van der Waals surface area contributed by atoms with Crippen molar-refractivity contribution in [1.82, 2.24) is 25.3 Å². The summed E-state index contributed by atoms with van der Waals surface area (Å²) in [4.78, 5) is 10.5. The van der Waals surface area contributed by atoms with E-state index in [9.17, 15) is 13.2 Å². The van der Waals surface area contributed by atoms with E-state index >= 15 is 0 Å². The first-order valence-electron chi connectivity index (χ1n) is 5.95. The number of amides is 2. The number of primary amides is 1. The van der Waals surface area contributed by atoms with Gasteiger partial charge in [-0.3, -0.25) is 0 Å². The zero-order chi connectivity index (χ0) is 16.9. The molecule has 0 atom stereocenters. The number of benzene rings is 1. The molecule has 1 aromatic carbocycles. The number of aromatic amines is 1. The fourth-order valence-electron chi connectivity index (χ4n) is 1.50. The Morgan fingerprint density at radius 3 is 2.57 bits per heavy atom. The van der Waals surface area contributed by atoms with E-state index in [0.29, 0.717) is 5.69 Å². The van der Waals surface area contributed by atoms with Crippen LogP contribution in [-0.2, 0) is 10.0 Å². The molecule has 2 rings (SSSR count). The number of sulfonamides is 1. The number of nitriles is 1. The highest BCUT2D eigenvalue weighted by Gasteiger charge is 2.15. The zero-order valence-corrected chi connectivity index (χ0v) is 12.2. The summed E-state index contributed by atoms with van der Waals surface area (Å²) in [6, 6.07) is 6.13. The average Bonchev–Trinajstić information content (AvgIpc) is 3.01. The van der Waals surface area contributed by atoms with Crippen LogP contribution < -0.4 is 15.8 Å². The van der Waals surface area contributed by atoms with Gasteiger partial charge < -0.3 is 11.1 Å². The molecule has 12 heteroatoms. The summed E-state index contributed by atoms with van der Waals surface area (Å²) >= 11 is 0. The molecule has 0 spiro atoms. The van der Waals surface area contributed by atoms with Gasteiger partial charge in [0.05, 0.1) is 4.90 Å². The van der Waals surface area contributed by atoms with Gasteiger partial charge in [0.25, 0.3) is 10.0 Å². The molecule has 2 aromatic rings. The molecule has 0 aliphatic heterocycles. The van der Waals surface area contributed by atoms with Gasteiger partial charge in [-0.2, -0.15) is 10.5 Å². The number of allylic oxidation sites excluding steroid dienone is 1. The van der Waals surface area contributed by atoms with Crippen LogP contribution in [-0.4, -0.2) is 35.1 Å². The van der Waals surface area contributed by atoms with Crippen molar-refractivity contribution in [3.8, 4) is 6.07 Å². The average molecular weight is 334 g/mol. The lowest BCUT2D eigenvalue weighted by molar-refractivity contribution is 0.253. The van der Waals surface area contributed by atoms with E-state index in [4.69, 9.17) is 11.0 Å². The van der Waals surface area contributed by atoms with Crippen LogP contribution >= 0.6 is 0 Å². The number of urea groups is 1. The summed E-state index contributed by atoms with van der Waals surface area (Å²) in [5, 5.41) is 24.7. The van der Waals surface area contributed by atoms with Gasteiger partial charge in [0.15, 0.2) is 0 Å². The molecule has 0 saturated heterocycles. The molecule has 23 heavy (non-hydrogen) atoms. The number of nitrogens with zero attached hydrogens (tertiary/aromatic N) is 4. The molecule has 5 N–H and O–H groups in total. The predicted molar refractivity (Wildman–Crippen MR) is 77.7 cm³/mol. The number of aromatic nitrogens is 4. The minimum Gasteiger partial charge on any atom is -0.360 e. The van der Waals surface area contributed by atoms with Gasteiger partial charge in [0, 0.05) is 11.9 Å². The van der Waals surface area contributed by atoms with Crippen LogP contribution in [0.5, 0.6) is 0 Å². The van der Waals surface area contributed by atoms with Crippen molar-refractivity contribution in [1.29, 1.82) is 5.26 Å². The molecule has 0 fully saturated rings. The third-order valence-corrected chi connectivity index (χ3v) is 3.85. The summed E-state index contributed by atoms with van der Waals surface area (Å²) in [7, 11) is -4.00. The van der Waals surface area contributed by atoms with Crippen molar-refractivity contribution in [3.63, 3.8) is 0 Å². The van der Waals surface area contributed by atoms with E-state index in [0.717, 1.165) is 0 Å². The predicted octanol–water partition coefficient (Wildman–Crippen LogP) is -0.467. The fraction of sp³-hybridized carbons (Fsp3) is 0. The summed E-state index contributed by atoms with van der Waals surface area (Å²) < 4.78 is 25.1. The monoisotopic (exact) mass is 334 g/mol. The lowest BCUT2D eigenvalue weighted by atomic mass is 10.3. The van der Waals surface area contributed by atoms with Crippen molar-refractivity contribution < 1.29 is 13.2 Å². The fourth-order valence-corrected chi connectivity index (χ4v) is 2.38. The molecule has 0 unspecified atom stereocenters. The normalized spacial score (nSPS) is 11.5. The molecule has 0 bridgehead atoms. The van der Waals surface area contributed by atoms with Crippen LogP contribution in [0.1, 0.15) is 5.82 Å². The molecule has 11 nitrogen and oxygen atoms in total. The van der Waals surface area contributed by atoms with E-state index in [1.54, 1.807) is 4.72 Å². The summed E-state index contributed by atoms with van der Waals surface area (Å²) in [5.41, 5.74) is 5.42. The van der Waals surface area contributed by atoms with Crippen molar-refractivity contribution >= 4 is 27.3 Å². The number of nitrogens with two attached hydrogens (primary N) is 1. The summed E-state index contributed by atoms with van der Waals surface area (Å²) in [5.74, 6) is 0.116. The standard InChI is InChI=1S/C11H10N8O3S/c12-5-7(10-15-18-19-16-10)6-14-8-1-3-9(4-2-8)23(21,22)17-11(13)20/h1-4,6,14H,(H3,13,17,20)(H,15,16,18,19). The van der Waals surface area contributed by atoms with E-state index in [1.807, 2.05) is 6.07 Å². The van der Waals surface area contributed by atoms with Crippen molar-refractivity contribution in [3.05, 3.63) is 36.3 Å². The highest BCUT2D eigenvalue weighted by atomic mass is 32.2. The Hall–Kier alpha value is -3.46. The van der Waals surface area contributed by atoms with Crippen LogP contribution in [0.2, 0.25) is 0 Å². The Balaban J connectivity index is 2.15. The number of carbonyl (C=O) groups is 1. The minimum absolute atomic E-state index is 0.116. The topological polar surface area (TPSA) is 180 Å². The Morgan fingerprint density at radius 2 is 2.04 bits per heavy atom. The molecular formula is C11H10N8O3S. The van der Waals surface area contributed by atoms with Gasteiger partial charge >= 0.3 is 6.03 Å². The highest BCUT2D eigenvalue weighted by Crippen LogP contribution is 2.15. The van der Waals surface area contributed by atoms with Gasteiger partial charge in [0.2, 0.25) is 5.82 Å². The van der Waals surface area contributed by atoms with Crippen LogP contribution in [0.15, 0.2) is 35.4 Å². The van der Waals surface area contributed by atoms with Crippen LogP contribution in [0.4, 0.5) is 10.5 Å². The van der Waals surface area contributed by atoms with Gasteiger partial charge in [-0.25, -0.2) is 17.9 Å². The number of anilines is 1. The molecule has 1 heterocycles. The van der Waals surface area contributed by atoms with Crippen molar-refractivity contribution in [2.75, 3.05) is 5.32 Å². The van der Waals surface area contributed by atoms with Gasteiger partial charge in [0.1, 0.15) is 11.6 Å². The van der Waals surface area contributed by atoms with Crippen LogP contribution in [0.3, 0.4) is 0 Å². The molecule has 0 saturated carbocycles. The van der Waals surface area contributed by atoms with E-state index in [1.165, 1.54) is 30.5 Å². The SMILES string of the molecule is N#CC(=CNc1ccc(S(=O)(=O)NC(N)=O)cc1)c1nn[nH]n1. The maximum absolute atomic E-state index is 11.7. The van der Waals surface area contributed by atoms with Gasteiger partial charge in [-0.1, -0.05) is 0 Å². The number of H-pyrrole nitrogens is 1. The minimum atomic E-state index is -4.00. The molecule has 0 aliphatic carbocycles. The second-order valence-electron chi connectivity index (χ2n) is 4.04. The molecular weight excluding hydrogens is 324 g/mol. The lowest BCUT2D eigenvalue weighted by Gasteiger charge is -2.06. The second-order valence-corrected chi connectivity index (χ2v) is 5.73. The third-order valence-electron chi connectivity index (χ3n) is 2.49. The maximum atomic E-state index is 11.7. The number of hydrogen-bond donors (Lipinski definition) is 4. The third kappa shape index (κ3) is 4.02. The number of carbonyl (C=O) groups excluding carboxylic acids is 1. The van der Waals surface area contributed by atoms with Crippen LogP contribution in [0.25, 0.3) is 5.57 Å². The number of tetrazole rings is 1. The van der Waals surface area contributed by atoms with Crippen LogP contribution in [0, 0.1) is 11.3 Å². The lowest BCUT2D eigenvalue weighted by Crippen LogP contribution is -2.34. The van der Waals surface area contributed by atoms with Gasteiger partial charge in [-0.15, -0.1) is 10.2 Å². The number of nitrogens with one attached hydrogen (secondary N) is 3. The Morgan fingerprint density at radius 1 is 1.35 bits per heavy atom. The Bertz CT molecular complexity index is 865. The maximum Gasteiger partial charge on any atom is 0.326 e. The molecule has 0 aliphatic rings. The Kier molecular flexibility index (Phi) is 4.52. The smallest absolute Gasteiger partial charge is 0.326 e. The first kappa shape index (κ1) is 15.9. The molecule has 0 radical (unpaired) electrons. The molecule has 118 valence electrons. The first-order valence-corrected chi connectivity index (χ1v) is 7.43. The molecule has 1 aromatic heterocycles. The molecule has 2 amide bonds. The summed E-state index contributed by atoms with van der Waals surface area (Å²) in [6.45, 7) is 0. The van der Waals surface area contributed by atoms with E-state index < -0.39 is 16.1 Å². The van der Waals surface area contributed by atoms with E-state index in [-0.39, 0.29) is 16.3 Å². The largest absolute Gasteiger partial charge is 0.360 e. The summed E-state index contributed by atoms with van der Waals surface area (Å²) in [6.07, 6.45) is 1.34. The van der Waals surface area contributed by atoms with Crippen molar-refractivity contribution in [2.24, 2.45) is 5.73 Å². The van der Waals surface area contributed by atoms with Gasteiger partial charge in [-0.05, 0) is 29.5 Å². The highest BCUT2D eigenvalue weighted by molar-refractivity contribution is 7.90. The zero-order valence-electron chi connectivity index (χ0n) is 11.4. The number of hydrogen-bond acceptors (Lipinski definition) is 8. The second kappa shape index (κ2) is 6.54. The number of rotatable bonds is 5. The van der Waals surface area contributed by atoms with Crippen molar-refractivity contribution in [2.45, 2.75) is 4.90 Å². The first-order chi connectivity index (χ1) is 10.9. The quantitative estimate of drug-likeness (QED) is 0.530.